The van der Waals surface area contributed by atoms with Crippen molar-refractivity contribution in [2.24, 2.45) is 0 Å². The molecule has 0 aliphatic carbocycles. The molecule has 2 aromatic rings. The molecule has 6 heteroatoms. The van der Waals surface area contributed by atoms with Gasteiger partial charge in [0.2, 0.25) is 5.28 Å². The molecule has 0 aliphatic rings. The van der Waals surface area contributed by atoms with Gasteiger partial charge in [0.15, 0.2) is 5.82 Å². The Kier molecular flexibility index (Phi) is 2.67. The third-order valence-electron chi connectivity index (χ3n) is 1.83. The number of nitrogens with zero attached hydrogens (tertiary/aromatic N) is 3. The first kappa shape index (κ1) is 10.4. The van der Waals surface area contributed by atoms with Gasteiger partial charge in [0.1, 0.15) is 5.69 Å². The van der Waals surface area contributed by atoms with Crippen molar-refractivity contribution < 1.29 is 4.39 Å². The highest BCUT2D eigenvalue weighted by atomic mass is 35.5. The summed E-state index contributed by atoms with van der Waals surface area (Å²) in [6.07, 6.45) is 1.07. The Labute approximate surface area is 95.0 Å². The lowest BCUT2D eigenvalue weighted by molar-refractivity contribution is 0.618. The molecular weight excluding hydrogens is 237 g/mol. The molecule has 78 valence electrons. The summed E-state index contributed by atoms with van der Waals surface area (Å²) < 4.78 is 13.4. The van der Waals surface area contributed by atoms with Gasteiger partial charge in [-0.15, -0.1) is 11.3 Å². The van der Waals surface area contributed by atoms with E-state index < -0.39 is 5.82 Å². The zero-order valence-electron chi connectivity index (χ0n) is 8.08. The average molecular weight is 244 g/mol. The Hall–Kier alpha value is -1.07. The first-order valence-corrected chi connectivity index (χ1v) is 5.40. The molecule has 0 bridgehead atoms. The number of thiazole rings is 1. The molecule has 0 saturated carbocycles. The van der Waals surface area contributed by atoms with Crippen LogP contribution in [0.4, 0.5) is 4.39 Å². The van der Waals surface area contributed by atoms with E-state index in [0.717, 1.165) is 16.9 Å². The predicted molar refractivity (Wildman–Crippen MR) is 57.6 cm³/mol. The van der Waals surface area contributed by atoms with Gasteiger partial charge in [0, 0.05) is 0 Å². The van der Waals surface area contributed by atoms with Crippen molar-refractivity contribution in [3.05, 3.63) is 28.0 Å². The molecule has 2 rings (SSSR count). The fourth-order valence-electron chi connectivity index (χ4n) is 1.26. The number of aromatic nitrogens is 3. The first-order valence-electron chi connectivity index (χ1n) is 4.20. The molecule has 0 radical (unpaired) electrons. The van der Waals surface area contributed by atoms with Crippen LogP contribution in [0.1, 0.15) is 10.7 Å². The molecular formula is C9H7ClFN3S. The Balaban J connectivity index is 2.62. The predicted octanol–water partition coefficient (Wildman–Crippen LogP) is 3.01. The third kappa shape index (κ3) is 1.98. The van der Waals surface area contributed by atoms with Crippen molar-refractivity contribution in [2.45, 2.75) is 13.8 Å². The van der Waals surface area contributed by atoms with Gasteiger partial charge in [-0.3, -0.25) is 0 Å². The van der Waals surface area contributed by atoms with Crippen molar-refractivity contribution in [3.63, 3.8) is 0 Å². The van der Waals surface area contributed by atoms with Gasteiger partial charge in [0.25, 0.3) is 0 Å². The third-order valence-corrected chi connectivity index (χ3v) is 3.09. The SMILES string of the molecule is Cc1nc(C)c(-c2nc(Cl)ncc2F)s1. The Bertz CT molecular complexity index is 512. The van der Waals surface area contributed by atoms with E-state index in [2.05, 4.69) is 15.0 Å². The van der Waals surface area contributed by atoms with E-state index in [1.807, 2.05) is 13.8 Å². The van der Waals surface area contributed by atoms with Crippen LogP contribution in [0.3, 0.4) is 0 Å². The highest BCUT2D eigenvalue weighted by molar-refractivity contribution is 7.15. The number of hydrogen-bond acceptors (Lipinski definition) is 4. The number of halogens is 2. The fourth-order valence-corrected chi connectivity index (χ4v) is 2.30. The lowest BCUT2D eigenvalue weighted by atomic mass is 10.3. The minimum absolute atomic E-state index is 0.0388. The van der Waals surface area contributed by atoms with Crippen LogP contribution < -0.4 is 0 Å². The van der Waals surface area contributed by atoms with Crippen molar-refractivity contribution in [1.29, 1.82) is 0 Å². The van der Waals surface area contributed by atoms with E-state index in [9.17, 15) is 4.39 Å². The van der Waals surface area contributed by atoms with E-state index in [-0.39, 0.29) is 11.0 Å². The average Bonchev–Trinajstić information content (AvgIpc) is 2.50. The van der Waals surface area contributed by atoms with Crippen LogP contribution in [0.25, 0.3) is 10.6 Å². The molecule has 0 fully saturated rings. The van der Waals surface area contributed by atoms with Crippen molar-refractivity contribution in [2.75, 3.05) is 0 Å². The van der Waals surface area contributed by atoms with Crippen molar-refractivity contribution in [3.8, 4) is 10.6 Å². The van der Waals surface area contributed by atoms with E-state index >= 15 is 0 Å². The van der Waals surface area contributed by atoms with E-state index in [1.165, 1.54) is 11.3 Å². The molecule has 0 spiro atoms. The number of hydrogen-bond donors (Lipinski definition) is 0. The van der Waals surface area contributed by atoms with Crippen LogP contribution in [0.2, 0.25) is 5.28 Å². The minimum Gasteiger partial charge on any atom is -0.246 e. The Morgan fingerprint density at radius 1 is 1.33 bits per heavy atom. The second-order valence-corrected chi connectivity index (χ2v) is 4.52. The molecule has 15 heavy (non-hydrogen) atoms. The monoisotopic (exact) mass is 243 g/mol. The molecule has 2 heterocycles. The smallest absolute Gasteiger partial charge is 0.223 e. The summed E-state index contributed by atoms with van der Waals surface area (Å²) in [4.78, 5) is 12.3. The summed E-state index contributed by atoms with van der Waals surface area (Å²) in [5.41, 5.74) is 0.976. The largest absolute Gasteiger partial charge is 0.246 e. The normalized spacial score (nSPS) is 10.7. The van der Waals surface area contributed by atoms with Crippen LogP contribution in [0.15, 0.2) is 6.20 Å². The van der Waals surface area contributed by atoms with Gasteiger partial charge in [-0.1, -0.05) is 0 Å². The van der Waals surface area contributed by atoms with Crippen LogP contribution in [0, 0.1) is 19.7 Å². The second kappa shape index (κ2) is 3.83. The molecule has 0 aromatic carbocycles. The van der Waals surface area contributed by atoms with Gasteiger partial charge in [-0.25, -0.2) is 19.3 Å². The van der Waals surface area contributed by atoms with Crippen molar-refractivity contribution in [1.82, 2.24) is 15.0 Å². The highest BCUT2D eigenvalue weighted by Crippen LogP contribution is 2.30. The Morgan fingerprint density at radius 3 is 2.67 bits per heavy atom. The van der Waals surface area contributed by atoms with E-state index in [1.54, 1.807) is 0 Å². The molecule has 0 atom stereocenters. The minimum atomic E-state index is -0.480. The van der Waals surface area contributed by atoms with Crippen LogP contribution in [-0.2, 0) is 0 Å². The topological polar surface area (TPSA) is 38.7 Å². The fraction of sp³-hybridized carbons (Fsp3) is 0.222. The molecule has 0 unspecified atom stereocenters. The Morgan fingerprint density at radius 2 is 2.07 bits per heavy atom. The molecule has 2 aromatic heterocycles. The summed E-state index contributed by atoms with van der Waals surface area (Å²) >= 11 is 7.01. The van der Waals surface area contributed by atoms with Crippen molar-refractivity contribution >= 4 is 22.9 Å². The highest BCUT2D eigenvalue weighted by Gasteiger charge is 2.14. The number of aryl methyl sites for hydroxylation is 2. The summed E-state index contributed by atoms with van der Waals surface area (Å²) in [6.45, 7) is 3.68. The summed E-state index contributed by atoms with van der Waals surface area (Å²) in [5, 5.41) is 0.911. The zero-order valence-corrected chi connectivity index (χ0v) is 9.66. The maximum absolute atomic E-state index is 13.4. The quantitative estimate of drug-likeness (QED) is 0.723. The number of rotatable bonds is 1. The second-order valence-electron chi connectivity index (χ2n) is 2.98. The molecule has 0 N–H and O–H groups in total. The van der Waals surface area contributed by atoms with Crippen LogP contribution >= 0.6 is 22.9 Å². The summed E-state index contributed by atoms with van der Waals surface area (Å²) in [6, 6.07) is 0. The standard InChI is InChI=1S/C9H7ClFN3S/c1-4-8(15-5(2)13-4)7-6(11)3-12-9(10)14-7/h3H,1-2H3. The first-order chi connectivity index (χ1) is 7.08. The van der Waals surface area contributed by atoms with Gasteiger partial charge in [0.05, 0.1) is 21.8 Å². The van der Waals surface area contributed by atoms with Gasteiger partial charge >= 0.3 is 0 Å². The summed E-state index contributed by atoms with van der Waals surface area (Å²) in [5.74, 6) is -0.480. The van der Waals surface area contributed by atoms with Gasteiger partial charge < -0.3 is 0 Å². The van der Waals surface area contributed by atoms with Crippen LogP contribution in [0.5, 0.6) is 0 Å². The molecule has 0 aliphatic heterocycles. The maximum Gasteiger partial charge on any atom is 0.223 e. The lowest BCUT2D eigenvalue weighted by Gasteiger charge is -1.99. The van der Waals surface area contributed by atoms with E-state index in [4.69, 9.17) is 11.6 Å². The molecule has 0 amide bonds. The molecule has 0 saturated heterocycles. The van der Waals surface area contributed by atoms with Gasteiger partial charge in [-0.05, 0) is 25.4 Å². The molecule has 3 nitrogen and oxygen atoms in total. The maximum atomic E-state index is 13.4. The van der Waals surface area contributed by atoms with Gasteiger partial charge in [-0.2, -0.15) is 0 Å². The van der Waals surface area contributed by atoms with E-state index in [0.29, 0.717) is 4.88 Å². The zero-order chi connectivity index (χ0) is 11.0. The lowest BCUT2D eigenvalue weighted by Crippen LogP contribution is -1.92. The summed E-state index contributed by atoms with van der Waals surface area (Å²) in [7, 11) is 0. The van der Waals surface area contributed by atoms with Crippen LogP contribution in [-0.4, -0.2) is 15.0 Å².